The average Bonchev–Trinajstić information content (AvgIpc) is 3.35. The number of rotatable bonds is 4. The van der Waals surface area contributed by atoms with Gasteiger partial charge in [0.2, 0.25) is 0 Å². The summed E-state index contributed by atoms with van der Waals surface area (Å²) in [6, 6.07) is 3.60. The Balaban J connectivity index is 1.60. The Hall–Kier alpha value is -2.66. The standard InChI is InChI=1S/C18H17F3N4O3S/c1-27-14-7-12-10(8-25(24-12)11-2-4-28-5-3-11)6-13(14)22-16(26)17-23-15(9-29-17)18(19,20)21/h6-9,11H,2-5H2,1H3,(H,22,26). The first-order valence-corrected chi connectivity index (χ1v) is 9.72. The lowest BCUT2D eigenvalue weighted by Gasteiger charge is -2.22. The first-order valence-electron chi connectivity index (χ1n) is 8.84. The number of halogens is 3. The fourth-order valence-corrected chi connectivity index (χ4v) is 3.88. The number of aromatic nitrogens is 3. The Morgan fingerprint density at radius 3 is 2.76 bits per heavy atom. The third-order valence-electron chi connectivity index (χ3n) is 4.65. The lowest BCUT2D eigenvalue weighted by molar-refractivity contribution is -0.140. The summed E-state index contributed by atoms with van der Waals surface area (Å²) in [5.74, 6) is -0.379. The van der Waals surface area contributed by atoms with Gasteiger partial charge in [0.25, 0.3) is 5.91 Å². The van der Waals surface area contributed by atoms with Gasteiger partial charge in [0.05, 0.1) is 24.4 Å². The molecule has 4 rings (SSSR count). The Bertz CT molecular complexity index is 1040. The third kappa shape index (κ3) is 4.06. The maximum atomic E-state index is 12.7. The first kappa shape index (κ1) is 19.6. The molecule has 0 radical (unpaired) electrons. The van der Waals surface area contributed by atoms with E-state index in [0.29, 0.717) is 41.5 Å². The minimum atomic E-state index is -4.59. The molecule has 1 aromatic carbocycles. The van der Waals surface area contributed by atoms with Crippen LogP contribution in [-0.4, -0.2) is 41.0 Å². The lowest BCUT2D eigenvalue weighted by atomic mass is 10.1. The molecule has 29 heavy (non-hydrogen) atoms. The van der Waals surface area contributed by atoms with Crippen molar-refractivity contribution in [2.24, 2.45) is 0 Å². The van der Waals surface area contributed by atoms with Crippen LogP contribution in [0.25, 0.3) is 10.9 Å². The smallest absolute Gasteiger partial charge is 0.434 e. The van der Waals surface area contributed by atoms with Crippen LogP contribution in [0.2, 0.25) is 0 Å². The van der Waals surface area contributed by atoms with Gasteiger partial charge in [0, 0.05) is 36.2 Å². The summed E-state index contributed by atoms with van der Waals surface area (Å²) in [6.45, 7) is 1.36. The van der Waals surface area contributed by atoms with E-state index in [2.05, 4.69) is 15.4 Å². The predicted octanol–water partition coefficient (Wildman–Crippen LogP) is 4.12. The summed E-state index contributed by atoms with van der Waals surface area (Å²) in [6.07, 6.45) is -0.990. The van der Waals surface area contributed by atoms with Gasteiger partial charge in [-0.3, -0.25) is 9.48 Å². The summed E-state index contributed by atoms with van der Waals surface area (Å²) in [7, 11) is 1.44. The van der Waals surface area contributed by atoms with Gasteiger partial charge >= 0.3 is 6.18 Å². The Labute approximate surface area is 167 Å². The van der Waals surface area contributed by atoms with E-state index in [4.69, 9.17) is 9.47 Å². The summed E-state index contributed by atoms with van der Waals surface area (Å²) in [4.78, 5) is 15.8. The van der Waals surface area contributed by atoms with E-state index in [9.17, 15) is 18.0 Å². The van der Waals surface area contributed by atoms with Crippen molar-refractivity contribution in [3.8, 4) is 5.75 Å². The molecule has 0 saturated carbocycles. The second kappa shape index (κ2) is 7.64. The fraction of sp³-hybridized carbons (Fsp3) is 0.389. The van der Waals surface area contributed by atoms with Gasteiger partial charge in [0.15, 0.2) is 10.7 Å². The average molecular weight is 426 g/mol. The Kier molecular flexibility index (Phi) is 5.17. The Morgan fingerprint density at radius 2 is 2.10 bits per heavy atom. The molecule has 1 N–H and O–H groups in total. The van der Waals surface area contributed by atoms with Crippen LogP contribution in [0.3, 0.4) is 0 Å². The van der Waals surface area contributed by atoms with Gasteiger partial charge in [-0.25, -0.2) is 4.98 Å². The van der Waals surface area contributed by atoms with Crippen LogP contribution in [0.1, 0.15) is 34.4 Å². The van der Waals surface area contributed by atoms with E-state index in [0.717, 1.165) is 23.6 Å². The van der Waals surface area contributed by atoms with Gasteiger partial charge in [0.1, 0.15) is 5.75 Å². The van der Waals surface area contributed by atoms with E-state index in [1.165, 1.54) is 7.11 Å². The normalized spacial score (nSPS) is 15.6. The molecular weight excluding hydrogens is 409 g/mol. The number of methoxy groups -OCH3 is 1. The number of thiazole rings is 1. The molecule has 0 aliphatic carbocycles. The number of carbonyl (C=O) groups is 1. The molecule has 1 aliphatic heterocycles. The van der Waals surface area contributed by atoms with E-state index < -0.39 is 17.8 Å². The largest absolute Gasteiger partial charge is 0.494 e. The molecule has 7 nitrogen and oxygen atoms in total. The number of fused-ring (bicyclic) bond motifs is 1. The number of ether oxygens (including phenoxy) is 2. The van der Waals surface area contributed by atoms with Gasteiger partial charge in [-0.05, 0) is 18.9 Å². The number of anilines is 1. The van der Waals surface area contributed by atoms with E-state index in [-0.39, 0.29) is 11.0 Å². The zero-order valence-corrected chi connectivity index (χ0v) is 16.1. The summed E-state index contributed by atoms with van der Waals surface area (Å²) in [5.41, 5.74) is -0.0620. The molecule has 0 spiro atoms. The Morgan fingerprint density at radius 1 is 1.34 bits per heavy atom. The van der Waals surface area contributed by atoms with E-state index >= 15 is 0 Å². The predicted molar refractivity (Wildman–Crippen MR) is 100 cm³/mol. The molecule has 3 heterocycles. The van der Waals surface area contributed by atoms with Crippen LogP contribution in [0.4, 0.5) is 18.9 Å². The summed E-state index contributed by atoms with van der Waals surface area (Å²) in [5, 5.41) is 8.48. The highest BCUT2D eigenvalue weighted by atomic mass is 32.1. The molecule has 1 saturated heterocycles. The molecule has 1 amide bonds. The first-order chi connectivity index (χ1) is 13.8. The highest BCUT2D eigenvalue weighted by Gasteiger charge is 2.34. The fourth-order valence-electron chi connectivity index (χ4n) is 3.16. The lowest BCUT2D eigenvalue weighted by Crippen LogP contribution is -2.19. The van der Waals surface area contributed by atoms with Crippen LogP contribution >= 0.6 is 11.3 Å². The highest BCUT2D eigenvalue weighted by molar-refractivity contribution is 7.11. The van der Waals surface area contributed by atoms with Crippen molar-refractivity contribution in [3.05, 3.63) is 34.4 Å². The second-order valence-electron chi connectivity index (χ2n) is 6.55. The zero-order chi connectivity index (χ0) is 20.6. The maximum Gasteiger partial charge on any atom is 0.434 e. The molecule has 11 heteroatoms. The van der Waals surface area contributed by atoms with Crippen molar-refractivity contribution < 1.29 is 27.4 Å². The van der Waals surface area contributed by atoms with Crippen LogP contribution in [0.5, 0.6) is 5.75 Å². The van der Waals surface area contributed by atoms with Crippen molar-refractivity contribution in [3.63, 3.8) is 0 Å². The second-order valence-corrected chi connectivity index (χ2v) is 7.41. The van der Waals surface area contributed by atoms with Crippen molar-refractivity contribution in [1.82, 2.24) is 14.8 Å². The van der Waals surface area contributed by atoms with Crippen LogP contribution in [-0.2, 0) is 10.9 Å². The van der Waals surface area contributed by atoms with Crippen molar-refractivity contribution in [2.75, 3.05) is 25.6 Å². The van der Waals surface area contributed by atoms with Gasteiger partial charge in [-0.1, -0.05) is 0 Å². The van der Waals surface area contributed by atoms with Crippen LogP contribution in [0, 0.1) is 0 Å². The quantitative estimate of drug-likeness (QED) is 0.679. The van der Waals surface area contributed by atoms with E-state index in [1.54, 1.807) is 12.1 Å². The van der Waals surface area contributed by atoms with Gasteiger partial charge < -0.3 is 14.8 Å². The molecule has 3 aromatic rings. The number of carbonyl (C=O) groups excluding carboxylic acids is 1. The SMILES string of the molecule is COc1cc2nn(C3CCOCC3)cc2cc1NC(=O)c1nc(C(F)(F)F)cs1. The number of nitrogens with zero attached hydrogens (tertiary/aromatic N) is 3. The number of alkyl halides is 3. The number of nitrogens with one attached hydrogen (secondary N) is 1. The number of benzene rings is 1. The molecule has 0 atom stereocenters. The highest BCUT2D eigenvalue weighted by Crippen LogP contribution is 2.33. The topological polar surface area (TPSA) is 78.3 Å². The van der Waals surface area contributed by atoms with Crippen molar-refractivity contribution in [1.29, 1.82) is 0 Å². The molecule has 1 fully saturated rings. The van der Waals surface area contributed by atoms with E-state index in [1.807, 2.05) is 10.9 Å². The molecule has 0 unspecified atom stereocenters. The molecule has 154 valence electrons. The van der Waals surface area contributed by atoms with Crippen molar-refractivity contribution in [2.45, 2.75) is 25.1 Å². The number of hydrogen-bond donors (Lipinski definition) is 1. The van der Waals surface area contributed by atoms with Crippen molar-refractivity contribution >= 4 is 33.8 Å². The molecule has 2 aromatic heterocycles. The molecular formula is C18H17F3N4O3S. The third-order valence-corrected chi connectivity index (χ3v) is 5.49. The minimum absolute atomic E-state index is 0.233. The molecule has 0 bridgehead atoms. The zero-order valence-electron chi connectivity index (χ0n) is 15.3. The number of hydrogen-bond acceptors (Lipinski definition) is 6. The number of amides is 1. The van der Waals surface area contributed by atoms with Crippen LogP contribution in [0.15, 0.2) is 23.7 Å². The molecule has 1 aliphatic rings. The monoisotopic (exact) mass is 426 g/mol. The van der Waals surface area contributed by atoms with Crippen LogP contribution < -0.4 is 10.1 Å². The summed E-state index contributed by atoms with van der Waals surface area (Å²) < 4.78 is 50.7. The van der Waals surface area contributed by atoms with Gasteiger partial charge in [-0.15, -0.1) is 11.3 Å². The summed E-state index contributed by atoms with van der Waals surface area (Å²) >= 11 is 0.631. The minimum Gasteiger partial charge on any atom is -0.494 e. The maximum absolute atomic E-state index is 12.7. The van der Waals surface area contributed by atoms with Gasteiger partial charge in [-0.2, -0.15) is 18.3 Å².